The van der Waals surface area contributed by atoms with Crippen LogP contribution in [-0.2, 0) is 11.3 Å². The zero-order valence-electron chi connectivity index (χ0n) is 16.1. The van der Waals surface area contributed by atoms with Gasteiger partial charge in [-0.1, -0.05) is 41.6 Å². The molecule has 1 N–H and O–H groups in total. The summed E-state index contributed by atoms with van der Waals surface area (Å²) in [6.07, 6.45) is 1.59. The van der Waals surface area contributed by atoms with Gasteiger partial charge in [0.25, 0.3) is 5.56 Å². The molecule has 4 rings (SSSR count). The lowest BCUT2D eigenvalue weighted by Gasteiger charge is -2.11. The van der Waals surface area contributed by atoms with Gasteiger partial charge in [0.05, 0.1) is 16.7 Å². The third kappa shape index (κ3) is 4.06. The van der Waals surface area contributed by atoms with E-state index in [2.05, 4.69) is 16.9 Å². The number of para-hydroxylation sites is 1. The number of nitrogens with zero attached hydrogens (tertiary/aromatic N) is 3. The topological polar surface area (TPSA) is 101 Å². The number of furan rings is 1. The van der Waals surface area contributed by atoms with Gasteiger partial charge in [-0.2, -0.15) is 5.26 Å². The molecule has 7 nitrogen and oxygen atoms in total. The lowest BCUT2D eigenvalue weighted by atomic mass is 10.2. The van der Waals surface area contributed by atoms with Crippen LogP contribution in [0.1, 0.15) is 5.76 Å². The molecule has 0 bridgehead atoms. The second kappa shape index (κ2) is 8.68. The number of nitrogens with one attached hydrogen (secondary N) is 1. The van der Waals surface area contributed by atoms with Crippen LogP contribution in [0.3, 0.4) is 0 Å². The van der Waals surface area contributed by atoms with Crippen molar-refractivity contribution < 1.29 is 9.21 Å². The number of aromatic nitrogens is 2. The minimum Gasteiger partial charge on any atom is -0.443 e. The molecule has 0 fully saturated rings. The van der Waals surface area contributed by atoms with E-state index in [1.165, 1.54) is 4.57 Å². The molecule has 9 heteroatoms. The molecule has 0 saturated heterocycles. The van der Waals surface area contributed by atoms with Crippen LogP contribution in [0.4, 0.5) is 5.69 Å². The Kier molecular flexibility index (Phi) is 5.80. The average molecular weight is 451 g/mol. The monoisotopic (exact) mass is 450 g/mol. The van der Waals surface area contributed by atoms with Gasteiger partial charge in [-0.3, -0.25) is 14.2 Å². The van der Waals surface area contributed by atoms with Crippen molar-refractivity contribution in [3.05, 3.63) is 76.3 Å². The van der Waals surface area contributed by atoms with E-state index in [9.17, 15) is 14.9 Å². The summed E-state index contributed by atoms with van der Waals surface area (Å²) in [6, 6.07) is 13.9. The van der Waals surface area contributed by atoms with Crippen LogP contribution < -0.4 is 10.9 Å². The van der Waals surface area contributed by atoms with Crippen molar-refractivity contribution in [2.45, 2.75) is 11.7 Å². The van der Waals surface area contributed by atoms with Crippen LogP contribution in [0, 0.1) is 11.3 Å². The quantitative estimate of drug-likeness (QED) is 0.262. The van der Waals surface area contributed by atoms with Gasteiger partial charge in [0.2, 0.25) is 11.7 Å². The number of nitriles is 1. The van der Waals surface area contributed by atoms with Gasteiger partial charge in [0, 0.05) is 17.0 Å². The van der Waals surface area contributed by atoms with Gasteiger partial charge in [-0.05, 0) is 30.3 Å². The third-order valence-corrected chi connectivity index (χ3v) is 5.70. The second-order valence-corrected chi connectivity index (χ2v) is 7.89. The lowest BCUT2D eigenvalue weighted by molar-refractivity contribution is -0.113. The van der Waals surface area contributed by atoms with Crippen molar-refractivity contribution in [2.24, 2.45) is 0 Å². The number of hydrogen-bond donors (Lipinski definition) is 1. The SMILES string of the molecule is C=CCn1c(SCC(=O)Nc2c(C#N)oc3ccccc23)nc2cc(Cl)ccc2c1=O. The summed E-state index contributed by atoms with van der Waals surface area (Å²) in [5, 5.41) is 14.0. The number of rotatable bonds is 6. The number of allylic oxidation sites excluding steroid dienone is 1. The first-order valence-corrected chi connectivity index (χ1v) is 10.5. The molecule has 1 amide bonds. The smallest absolute Gasteiger partial charge is 0.262 e. The standard InChI is InChI=1S/C22H15ClN4O3S/c1-2-9-27-21(29)14-8-7-13(23)10-16(14)25-22(27)31-12-19(28)26-20-15-5-3-4-6-17(15)30-18(20)11-24/h2-8,10H,1,9,12H2,(H,26,28). The third-order valence-electron chi connectivity index (χ3n) is 4.49. The predicted molar refractivity (Wildman–Crippen MR) is 121 cm³/mol. The molecule has 4 aromatic rings. The van der Waals surface area contributed by atoms with Crippen molar-refractivity contribution >= 4 is 56.8 Å². The van der Waals surface area contributed by atoms with E-state index in [-0.39, 0.29) is 29.5 Å². The van der Waals surface area contributed by atoms with Gasteiger partial charge in [-0.15, -0.1) is 6.58 Å². The van der Waals surface area contributed by atoms with E-state index in [0.717, 1.165) is 11.8 Å². The molecule has 2 aromatic carbocycles. The van der Waals surface area contributed by atoms with E-state index in [0.29, 0.717) is 37.7 Å². The minimum absolute atomic E-state index is 0.0277. The maximum Gasteiger partial charge on any atom is 0.262 e. The van der Waals surface area contributed by atoms with Gasteiger partial charge in [-0.25, -0.2) is 4.98 Å². The highest BCUT2D eigenvalue weighted by Gasteiger charge is 2.18. The zero-order valence-corrected chi connectivity index (χ0v) is 17.7. The molecular weight excluding hydrogens is 436 g/mol. The fourth-order valence-electron chi connectivity index (χ4n) is 3.13. The predicted octanol–water partition coefficient (Wildman–Crippen LogP) is 4.58. The van der Waals surface area contributed by atoms with Crippen LogP contribution in [-0.4, -0.2) is 21.2 Å². The van der Waals surface area contributed by atoms with E-state index in [4.69, 9.17) is 16.0 Å². The fraction of sp³-hybridized carbons (Fsp3) is 0.0909. The number of halogens is 1. The maximum atomic E-state index is 12.9. The molecule has 154 valence electrons. The summed E-state index contributed by atoms with van der Waals surface area (Å²) in [6.45, 7) is 3.94. The van der Waals surface area contributed by atoms with Crippen LogP contribution in [0.2, 0.25) is 5.02 Å². The van der Waals surface area contributed by atoms with Crippen molar-refractivity contribution in [3.8, 4) is 6.07 Å². The van der Waals surface area contributed by atoms with E-state index < -0.39 is 0 Å². The van der Waals surface area contributed by atoms with Gasteiger partial charge >= 0.3 is 0 Å². The Morgan fingerprint density at radius 2 is 2.13 bits per heavy atom. The molecular formula is C22H15ClN4O3S. The van der Waals surface area contributed by atoms with Crippen LogP contribution in [0.5, 0.6) is 0 Å². The molecule has 0 radical (unpaired) electrons. The first-order valence-electron chi connectivity index (χ1n) is 9.17. The molecule has 31 heavy (non-hydrogen) atoms. The van der Waals surface area contributed by atoms with Crippen molar-refractivity contribution in [1.82, 2.24) is 9.55 Å². The Hall–Kier alpha value is -3.54. The number of benzene rings is 2. The average Bonchev–Trinajstić information content (AvgIpc) is 3.12. The lowest BCUT2D eigenvalue weighted by Crippen LogP contribution is -2.23. The van der Waals surface area contributed by atoms with E-state index in [1.54, 1.807) is 48.5 Å². The van der Waals surface area contributed by atoms with Gasteiger partial charge < -0.3 is 9.73 Å². The first kappa shape index (κ1) is 20.7. The highest BCUT2D eigenvalue weighted by Crippen LogP contribution is 2.30. The van der Waals surface area contributed by atoms with Crippen LogP contribution in [0.15, 0.2) is 69.5 Å². The van der Waals surface area contributed by atoms with Crippen molar-refractivity contribution in [2.75, 3.05) is 11.1 Å². The Morgan fingerprint density at radius 3 is 2.90 bits per heavy atom. The summed E-state index contributed by atoms with van der Waals surface area (Å²) in [5.41, 5.74) is 1.05. The highest BCUT2D eigenvalue weighted by atomic mass is 35.5. The van der Waals surface area contributed by atoms with Crippen molar-refractivity contribution in [1.29, 1.82) is 5.26 Å². The van der Waals surface area contributed by atoms with Crippen LogP contribution >= 0.6 is 23.4 Å². The summed E-state index contributed by atoms with van der Waals surface area (Å²) in [4.78, 5) is 30.0. The van der Waals surface area contributed by atoms with Crippen LogP contribution in [0.25, 0.3) is 21.9 Å². The number of amides is 1. The van der Waals surface area contributed by atoms with E-state index >= 15 is 0 Å². The Bertz CT molecular complexity index is 1430. The normalized spacial score (nSPS) is 10.8. The molecule has 0 aliphatic carbocycles. The molecule has 2 aromatic heterocycles. The number of carbonyl (C=O) groups excluding carboxylic acids is 1. The number of hydrogen-bond acceptors (Lipinski definition) is 6. The molecule has 0 aliphatic rings. The number of fused-ring (bicyclic) bond motifs is 2. The highest BCUT2D eigenvalue weighted by molar-refractivity contribution is 7.99. The number of anilines is 1. The summed E-state index contributed by atoms with van der Waals surface area (Å²) >= 11 is 7.14. The summed E-state index contributed by atoms with van der Waals surface area (Å²) < 4.78 is 6.93. The number of thioether (sulfide) groups is 1. The summed E-state index contributed by atoms with van der Waals surface area (Å²) in [7, 11) is 0. The molecule has 0 unspecified atom stereocenters. The largest absolute Gasteiger partial charge is 0.443 e. The zero-order chi connectivity index (χ0) is 22.0. The Morgan fingerprint density at radius 1 is 1.32 bits per heavy atom. The maximum absolute atomic E-state index is 12.9. The minimum atomic E-state index is -0.362. The molecule has 0 aliphatic heterocycles. The molecule has 0 saturated carbocycles. The molecule has 0 atom stereocenters. The molecule has 0 spiro atoms. The number of carbonyl (C=O) groups is 1. The Balaban J connectivity index is 1.61. The fourth-order valence-corrected chi connectivity index (χ4v) is 4.10. The van der Waals surface area contributed by atoms with Gasteiger partial charge in [0.15, 0.2) is 5.16 Å². The molecule has 2 heterocycles. The second-order valence-electron chi connectivity index (χ2n) is 6.51. The van der Waals surface area contributed by atoms with Crippen molar-refractivity contribution in [3.63, 3.8) is 0 Å². The summed E-state index contributed by atoms with van der Waals surface area (Å²) in [5.74, 6) is -0.361. The van der Waals surface area contributed by atoms with Gasteiger partial charge in [0.1, 0.15) is 17.3 Å². The first-order chi connectivity index (χ1) is 15.0. The Labute approximate surface area is 185 Å². The van der Waals surface area contributed by atoms with E-state index in [1.807, 2.05) is 6.07 Å².